The zero-order valence-electron chi connectivity index (χ0n) is 5.91. The molecule has 2 aromatic heterocycles. The predicted molar refractivity (Wildman–Crippen MR) is 42.3 cm³/mol. The van der Waals surface area contributed by atoms with Gasteiger partial charge < -0.3 is 0 Å². The molecule has 3 rings (SSSR count). The first-order valence-corrected chi connectivity index (χ1v) is 3.65. The molecular formula is C9H6N2. The number of rotatable bonds is 0. The molecular weight excluding hydrogens is 136 g/mol. The molecule has 0 aromatic carbocycles. The maximum atomic E-state index is 4.29. The Morgan fingerprint density at radius 1 is 1.27 bits per heavy atom. The first-order valence-electron chi connectivity index (χ1n) is 3.65. The van der Waals surface area contributed by atoms with E-state index in [4.69, 9.17) is 0 Å². The van der Waals surface area contributed by atoms with Gasteiger partial charge in [-0.25, -0.2) is 0 Å². The summed E-state index contributed by atoms with van der Waals surface area (Å²) in [5.41, 5.74) is 3.88. The number of fused-ring (bicyclic) bond motifs is 3. The van der Waals surface area contributed by atoms with Crippen LogP contribution in [0.1, 0.15) is 11.1 Å². The summed E-state index contributed by atoms with van der Waals surface area (Å²) in [4.78, 5) is 8.36. The van der Waals surface area contributed by atoms with Crippen LogP contribution in [0.3, 0.4) is 0 Å². The standard InChI is InChI=1S/C9H6N2/c1-2-10-5-8-7-3-6(7)4-11-9(1)8/h1-2,4-5H,3H2. The fraction of sp³-hybridized carbons (Fsp3) is 0.111. The van der Waals surface area contributed by atoms with Crippen molar-refractivity contribution in [3.8, 4) is 0 Å². The highest BCUT2D eigenvalue weighted by Crippen LogP contribution is 2.32. The summed E-state index contributed by atoms with van der Waals surface area (Å²) in [6, 6.07) is 1.95. The molecule has 0 unspecified atom stereocenters. The summed E-state index contributed by atoms with van der Waals surface area (Å²) < 4.78 is 0. The van der Waals surface area contributed by atoms with Gasteiger partial charge in [0.1, 0.15) is 0 Å². The SMILES string of the molecule is c1cc2ncc3c(c2cn1)C3. The minimum atomic E-state index is 1.07. The van der Waals surface area contributed by atoms with Gasteiger partial charge in [-0.1, -0.05) is 0 Å². The van der Waals surface area contributed by atoms with Crippen LogP contribution in [-0.4, -0.2) is 9.97 Å². The Kier molecular flexibility index (Phi) is 0.756. The monoisotopic (exact) mass is 142 g/mol. The number of nitrogens with zero attached hydrogens (tertiary/aromatic N) is 2. The largest absolute Gasteiger partial charge is 0.264 e. The quantitative estimate of drug-likeness (QED) is 0.475. The molecule has 1 aliphatic rings. The third kappa shape index (κ3) is 0.611. The van der Waals surface area contributed by atoms with E-state index in [-0.39, 0.29) is 0 Å². The molecule has 2 aromatic rings. The second-order valence-corrected chi connectivity index (χ2v) is 2.83. The first kappa shape index (κ1) is 5.24. The van der Waals surface area contributed by atoms with Gasteiger partial charge in [0.25, 0.3) is 0 Å². The van der Waals surface area contributed by atoms with Gasteiger partial charge in [-0.2, -0.15) is 0 Å². The molecule has 2 heteroatoms. The van der Waals surface area contributed by atoms with Crippen molar-refractivity contribution in [1.82, 2.24) is 9.97 Å². The van der Waals surface area contributed by atoms with E-state index in [0.29, 0.717) is 0 Å². The second kappa shape index (κ2) is 1.59. The van der Waals surface area contributed by atoms with Crippen LogP contribution in [0.4, 0.5) is 0 Å². The van der Waals surface area contributed by atoms with Crippen molar-refractivity contribution in [2.45, 2.75) is 6.42 Å². The highest BCUT2D eigenvalue weighted by atomic mass is 14.7. The Balaban J connectivity index is 2.56. The Hall–Kier alpha value is -1.44. The average molecular weight is 142 g/mol. The zero-order valence-corrected chi connectivity index (χ0v) is 5.91. The lowest BCUT2D eigenvalue weighted by molar-refractivity contribution is 1.33. The van der Waals surface area contributed by atoms with Crippen molar-refractivity contribution in [2.24, 2.45) is 0 Å². The molecule has 0 fully saturated rings. The van der Waals surface area contributed by atoms with Gasteiger partial charge in [0.2, 0.25) is 0 Å². The molecule has 0 amide bonds. The van der Waals surface area contributed by atoms with Crippen LogP contribution < -0.4 is 0 Å². The Labute approximate surface area is 63.9 Å². The Morgan fingerprint density at radius 3 is 3.27 bits per heavy atom. The van der Waals surface area contributed by atoms with Crippen LogP contribution in [0.2, 0.25) is 0 Å². The van der Waals surface area contributed by atoms with Gasteiger partial charge in [-0.15, -0.1) is 0 Å². The van der Waals surface area contributed by atoms with Crippen LogP contribution in [0.25, 0.3) is 10.9 Å². The maximum Gasteiger partial charge on any atom is 0.0735 e. The summed E-state index contributed by atoms with van der Waals surface area (Å²) in [5.74, 6) is 0. The van der Waals surface area contributed by atoms with E-state index in [2.05, 4.69) is 9.97 Å². The molecule has 0 radical (unpaired) electrons. The average Bonchev–Trinajstić information content (AvgIpc) is 2.83. The minimum Gasteiger partial charge on any atom is -0.264 e. The van der Waals surface area contributed by atoms with E-state index in [1.54, 1.807) is 6.20 Å². The number of aromatic nitrogens is 2. The topological polar surface area (TPSA) is 25.8 Å². The summed E-state index contributed by atoms with van der Waals surface area (Å²) in [6.07, 6.45) is 6.75. The van der Waals surface area contributed by atoms with E-state index < -0.39 is 0 Å². The van der Waals surface area contributed by atoms with Crippen LogP contribution in [-0.2, 0) is 6.42 Å². The van der Waals surface area contributed by atoms with E-state index in [1.165, 1.54) is 16.5 Å². The maximum absolute atomic E-state index is 4.29. The smallest absolute Gasteiger partial charge is 0.0735 e. The fourth-order valence-electron chi connectivity index (χ4n) is 1.42. The number of hydrogen-bond acceptors (Lipinski definition) is 2. The van der Waals surface area contributed by atoms with Gasteiger partial charge in [0, 0.05) is 30.4 Å². The highest BCUT2D eigenvalue weighted by molar-refractivity contribution is 5.86. The zero-order chi connectivity index (χ0) is 7.26. The molecule has 0 saturated heterocycles. The first-order chi connectivity index (χ1) is 5.45. The summed E-state index contributed by atoms with van der Waals surface area (Å²) in [6.45, 7) is 0. The molecule has 0 spiro atoms. The molecule has 2 nitrogen and oxygen atoms in total. The molecule has 0 saturated carbocycles. The predicted octanol–water partition coefficient (Wildman–Crippen LogP) is 1.53. The molecule has 52 valence electrons. The lowest BCUT2D eigenvalue weighted by Crippen LogP contribution is -1.77. The molecule has 0 atom stereocenters. The molecule has 2 heterocycles. The Morgan fingerprint density at radius 2 is 2.27 bits per heavy atom. The third-order valence-electron chi connectivity index (χ3n) is 2.11. The number of hydrogen-bond donors (Lipinski definition) is 0. The van der Waals surface area contributed by atoms with E-state index in [1.807, 2.05) is 18.5 Å². The van der Waals surface area contributed by atoms with Gasteiger partial charge in [-0.3, -0.25) is 9.97 Å². The summed E-state index contributed by atoms with van der Waals surface area (Å²) in [7, 11) is 0. The fourth-order valence-corrected chi connectivity index (χ4v) is 1.42. The van der Waals surface area contributed by atoms with Crippen LogP contribution in [0.5, 0.6) is 0 Å². The third-order valence-corrected chi connectivity index (χ3v) is 2.11. The summed E-state index contributed by atoms with van der Waals surface area (Å²) in [5, 5.41) is 1.23. The molecule has 0 aliphatic heterocycles. The van der Waals surface area contributed by atoms with Crippen molar-refractivity contribution in [3.63, 3.8) is 0 Å². The Bertz CT molecular complexity index is 435. The molecule has 0 N–H and O–H groups in total. The molecule has 0 bridgehead atoms. The van der Waals surface area contributed by atoms with Crippen LogP contribution >= 0.6 is 0 Å². The normalized spacial score (nSPS) is 13.1. The van der Waals surface area contributed by atoms with Crippen molar-refractivity contribution in [2.75, 3.05) is 0 Å². The van der Waals surface area contributed by atoms with Crippen molar-refractivity contribution >= 4 is 10.9 Å². The van der Waals surface area contributed by atoms with Crippen molar-refractivity contribution in [3.05, 3.63) is 35.8 Å². The van der Waals surface area contributed by atoms with Gasteiger partial charge in [0.05, 0.1) is 5.52 Å². The van der Waals surface area contributed by atoms with Crippen molar-refractivity contribution in [1.29, 1.82) is 0 Å². The van der Waals surface area contributed by atoms with E-state index in [9.17, 15) is 0 Å². The molecule has 11 heavy (non-hydrogen) atoms. The molecule has 1 aliphatic carbocycles. The van der Waals surface area contributed by atoms with Gasteiger partial charge in [-0.05, 0) is 17.2 Å². The minimum absolute atomic E-state index is 1.07. The van der Waals surface area contributed by atoms with Crippen LogP contribution in [0.15, 0.2) is 24.7 Å². The lowest BCUT2D eigenvalue weighted by atomic mass is 10.3. The highest BCUT2D eigenvalue weighted by Gasteiger charge is 2.19. The van der Waals surface area contributed by atoms with Crippen molar-refractivity contribution < 1.29 is 0 Å². The summed E-state index contributed by atoms with van der Waals surface area (Å²) >= 11 is 0. The van der Waals surface area contributed by atoms with Crippen LogP contribution in [0, 0.1) is 0 Å². The number of pyridine rings is 2. The second-order valence-electron chi connectivity index (χ2n) is 2.83. The van der Waals surface area contributed by atoms with Gasteiger partial charge >= 0.3 is 0 Å². The van der Waals surface area contributed by atoms with Gasteiger partial charge in [0.15, 0.2) is 0 Å². The lowest BCUT2D eigenvalue weighted by Gasteiger charge is -1.90. The van der Waals surface area contributed by atoms with E-state index in [0.717, 1.165) is 11.9 Å². The van der Waals surface area contributed by atoms with E-state index >= 15 is 0 Å².